The molecule has 1 aliphatic rings. The maximum atomic E-state index is 3.74. The first-order valence-corrected chi connectivity index (χ1v) is 8.24. The molecule has 2 unspecified atom stereocenters. The Hall–Kier alpha value is -0.860. The summed E-state index contributed by atoms with van der Waals surface area (Å²) in [5, 5.41) is 3.74. The van der Waals surface area contributed by atoms with Crippen LogP contribution in [0.25, 0.3) is 0 Å². The molecule has 1 N–H and O–H groups in total. The van der Waals surface area contributed by atoms with Gasteiger partial charge in [-0.2, -0.15) is 0 Å². The Kier molecular flexibility index (Phi) is 6.06. The van der Waals surface area contributed by atoms with Gasteiger partial charge < -0.3 is 5.32 Å². The fourth-order valence-corrected chi connectivity index (χ4v) is 3.21. The summed E-state index contributed by atoms with van der Waals surface area (Å²) in [6.45, 7) is 11.5. The van der Waals surface area contributed by atoms with Gasteiger partial charge >= 0.3 is 0 Å². The second kappa shape index (κ2) is 7.80. The molecule has 20 heavy (non-hydrogen) atoms. The molecule has 0 saturated carbocycles. The lowest BCUT2D eigenvalue weighted by Crippen LogP contribution is -2.49. The lowest BCUT2D eigenvalue weighted by molar-refractivity contribution is 0.129. The first kappa shape index (κ1) is 15.5. The van der Waals surface area contributed by atoms with Gasteiger partial charge in [-0.3, -0.25) is 4.90 Å². The van der Waals surface area contributed by atoms with E-state index in [0.29, 0.717) is 0 Å². The van der Waals surface area contributed by atoms with E-state index < -0.39 is 0 Å². The average molecular weight is 274 g/mol. The molecular formula is C18H30N2. The molecule has 2 atom stereocenters. The lowest BCUT2D eigenvalue weighted by atomic mass is 9.89. The van der Waals surface area contributed by atoms with Crippen LogP contribution in [-0.2, 0) is 6.54 Å². The van der Waals surface area contributed by atoms with E-state index in [0.717, 1.165) is 18.5 Å². The zero-order valence-electron chi connectivity index (χ0n) is 13.4. The maximum Gasteiger partial charge on any atom is 0.0233 e. The molecule has 0 aliphatic carbocycles. The van der Waals surface area contributed by atoms with Crippen molar-refractivity contribution in [1.82, 2.24) is 10.2 Å². The maximum absolute atomic E-state index is 3.74. The highest BCUT2D eigenvalue weighted by Gasteiger charge is 2.27. The van der Waals surface area contributed by atoms with Crippen molar-refractivity contribution in [3.8, 4) is 0 Å². The molecule has 1 saturated heterocycles. The van der Waals surface area contributed by atoms with Crippen molar-refractivity contribution in [3.05, 3.63) is 35.4 Å². The summed E-state index contributed by atoms with van der Waals surface area (Å²) in [6, 6.07) is 9.73. The molecule has 1 aliphatic heterocycles. The summed E-state index contributed by atoms with van der Waals surface area (Å²) in [4.78, 5) is 2.63. The number of benzene rings is 1. The minimum absolute atomic E-state index is 0.731. The molecule has 0 aromatic heterocycles. The Balaban J connectivity index is 1.87. The third-order valence-corrected chi connectivity index (χ3v) is 4.53. The normalized spacial score (nSPS) is 23.9. The Labute approximate surface area is 124 Å². The second-order valence-corrected chi connectivity index (χ2v) is 6.24. The van der Waals surface area contributed by atoms with Crippen molar-refractivity contribution in [2.45, 2.75) is 52.6 Å². The Morgan fingerprint density at radius 1 is 1.20 bits per heavy atom. The molecule has 1 fully saturated rings. The highest BCUT2D eigenvalue weighted by Crippen LogP contribution is 2.22. The number of hydrogen-bond acceptors (Lipinski definition) is 2. The predicted octanol–water partition coefficient (Wildman–Crippen LogP) is 3.60. The summed E-state index contributed by atoms with van der Waals surface area (Å²) < 4.78 is 0. The lowest BCUT2D eigenvalue weighted by Gasteiger charge is -2.39. The van der Waals surface area contributed by atoms with Gasteiger partial charge in [0, 0.05) is 19.1 Å². The molecule has 2 heteroatoms. The number of piperidine rings is 1. The smallest absolute Gasteiger partial charge is 0.0233 e. The van der Waals surface area contributed by atoms with Crippen LogP contribution in [0.15, 0.2) is 24.3 Å². The van der Waals surface area contributed by atoms with E-state index >= 15 is 0 Å². The van der Waals surface area contributed by atoms with Crippen LogP contribution >= 0.6 is 0 Å². The Morgan fingerprint density at radius 3 is 2.60 bits per heavy atom. The van der Waals surface area contributed by atoms with Crippen molar-refractivity contribution < 1.29 is 0 Å². The van der Waals surface area contributed by atoms with Gasteiger partial charge in [-0.05, 0) is 44.3 Å². The van der Waals surface area contributed by atoms with Gasteiger partial charge in [-0.15, -0.1) is 0 Å². The van der Waals surface area contributed by atoms with Crippen LogP contribution in [0.5, 0.6) is 0 Å². The van der Waals surface area contributed by atoms with E-state index in [2.05, 4.69) is 55.3 Å². The standard InChI is InChI=1S/C18H30N2/c1-4-11-19-18-10-12-20(14-17(18)5-2)13-16-8-6-15(3)7-9-16/h6-9,17-19H,4-5,10-14H2,1-3H3. The van der Waals surface area contributed by atoms with Crippen molar-refractivity contribution >= 4 is 0 Å². The van der Waals surface area contributed by atoms with Gasteiger partial charge in [0.05, 0.1) is 0 Å². The molecule has 0 spiro atoms. The van der Waals surface area contributed by atoms with E-state index in [9.17, 15) is 0 Å². The topological polar surface area (TPSA) is 15.3 Å². The summed E-state index contributed by atoms with van der Waals surface area (Å²) in [7, 11) is 0. The molecule has 1 aromatic carbocycles. The van der Waals surface area contributed by atoms with E-state index in [1.165, 1.54) is 50.0 Å². The van der Waals surface area contributed by atoms with E-state index in [4.69, 9.17) is 0 Å². The van der Waals surface area contributed by atoms with Crippen LogP contribution in [-0.4, -0.2) is 30.6 Å². The van der Waals surface area contributed by atoms with Crippen LogP contribution < -0.4 is 5.32 Å². The van der Waals surface area contributed by atoms with Crippen LogP contribution in [0.3, 0.4) is 0 Å². The number of nitrogens with zero attached hydrogens (tertiary/aromatic N) is 1. The van der Waals surface area contributed by atoms with E-state index in [1.54, 1.807) is 0 Å². The van der Waals surface area contributed by atoms with Crippen molar-refractivity contribution in [2.24, 2.45) is 5.92 Å². The first-order valence-electron chi connectivity index (χ1n) is 8.24. The molecule has 0 amide bonds. The van der Waals surface area contributed by atoms with Gasteiger partial charge in [0.15, 0.2) is 0 Å². The van der Waals surface area contributed by atoms with Gasteiger partial charge in [0.2, 0.25) is 0 Å². The van der Waals surface area contributed by atoms with Gasteiger partial charge in [-0.25, -0.2) is 0 Å². The highest BCUT2D eigenvalue weighted by molar-refractivity contribution is 5.21. The summed E-state index contributed by atoms with van der Waals surface area (Å²) in [5.74, 6) is 0.806. The van der Waals surface area contributed by atoms with Crippen LogP contribution in [0, 0.1) is 12.8 Å². The fourth-order valence-electron chi connectivity index (χ4n) is 3.21. The Bertz CT molecular complexity index is 385. The first-order chi connectivity index (χ1) is 9.72. The fraction of sp³-hybridized carbons (Fsp3) is 0.667. The monoisotopic (exact) mass is 274 g/mol. The van der Waals surface area contributed by atoms with Gasteiger partial charge in [0.1, 0.15) is 0 Å². The minimum atomic E-state index is 0.731. The second-order valence-electron chi connectivity index (χ2n) is 6.24. The van der Waals surface area contributed by atoms with Crippen LogP contribution in [0.4, 0.5) is 0 Å². The Morgan fingerprint density at radius 2 is 1.95 bits per heavy atom. The largest absolute Gasteiger partial charge is 0.314 e. The summed E-state index contributed by atoms with van der Waals surface area (Å²) in [5.41, 5.74) is 2.80. The summed E-state index contributed by atoms with van der Waals surface area (Å²) >= 11 is 0. The number of likely N-dealkylation sites (tertiary alicyclic amines) is 1. The number of aryl methyl sites for hydroxylation is 1. The number of hydrogen-bond donors (Lipinski definition) is 1. The molecule has 0 bridgehead atoms. The summed E-state index contributed by atoms with van der Waals surface area (Å²) in [6.07, 6.45) is 3.82. The molecule has 2 rings (SSSR count). The molecule has 2 nitrogen and oxygen atoms in total. The van der Waals surface area contributed by atoms with E-state index in [1.807, 2.05) is 0 Å². The zero-order valence-corrected chi connectivity index (χ0v) is 13.4. The third-order valence-electron chi connectivity index (χ3n) is 4.53. The molecule has 112 valence electrons. The molecule has 0 radical (unpaired) electrons. The highest BCUT2D eigenvalue weighted by atomic mass is 15.1. The van der Waals surface area contributed by atoms with Crippen LogP contribution in [0.2, 0.25) is 0 Å². The average Bonchev–Trinajstić information content (AvgIpc) is 2.48. The molecular weight excluding hydrogens is 244 g/mol. The number of nitrogens with one attached hydrogen (secondary N) is 1. The molecule has 1 aromatic rings. The van der Waals surface area contributed by atoms with Crippen molar-refractivity contribution in [3.63, 3.8) is 0 Å². The van der Waals surface area contributed by atoms with Crippen LogP contribution in [0.1, 0.15) is 44.2 Å². The molecule has 1 heterocycles. The third kappa shape index (κ3) is 4.32. The van der Waals surface area contributed by atoms with Gasteiger partial charge in [-0.1, -0.05) is 50.1 Å². The van der Waals surface area contributed by atoms with Crippen molar-refractivity contribution in [1.29, 1.82) is 0 Å². The zero-order chi connectivity index (χ0) is 14.4. The SMILES string of the molecule is CCCNC1CCN(Cc2ccc(C)cc2)CC1CC. The van der Waals surface area contributed by atoms with Crippen molar-refractivity contribution in [2.75, 3.05) is 19.6 Å². The number of rotatable bonds is 6. The quantitative estimate of drug-likeness (QED) is 0.853. The predicted molar refractivity (Wildman–Crippen MR) is 86.9 cm³/mol. The van der Waals surface area contributed by atoms with E-state index in [-0.39, 0.29) is 0 Å². The van der Waals surface area contributed by atoms with Gasteiger partial charge in [0.25, 0.3) is 0 Å². The minimum Gasteiger partial charge on any atom is -0.314 e.